The summed E-state index contributed by atoms with van der Waals surface area (Å²) in [5, 5.41) is 4.17. The van der Waals surface area contributed by atoms with Crippen LogP contribution < -0.4 is 5.32 Å². The first kappa shape index (κ1) is 14.6. The molecule has 0 amide bonds. The van der Waals surface area contributed by atoms with Crippen LogP contribution in [0.25, 0.3) is 0 Å². The van der Waals surface area contributed by atoms with Gasteiger partial charge in [0.25, 0.3) is 0 Å². The standard InChI is InChI=1S/C15H14ClFIN/c1-2-14(10-3-5-11(16)6-4-10)19-15-8-7-12(17)9-13(15)18/h3-9,14,19H,2H2,1H3. The highest BCUT2D eigenvalue weighted by atomic mass is 127. The molecule has 0 saturated heterocycles. The largest absolute Gasteiger partial charge is 0.377 e. The van der Waals surface area contributed by atoms with Crippen LogP contribution in [-0.4, -0.2) is 0 Å². The Kier molecular flexibility index (Phi) is 5.05. The highest BCUT2D eigenvalue weighted by molar-refractivity contribution is 14.1. The maximum atomic E-state index is 13.1. The van der Waals surface area contributed by atoms with Crippen molar-refractivity contribution in [1.82, 2.24) is 0 Å². The molecule has 0 heterocycles. The Labute approximate surface area is 131 Å². The Morgan fingerprint density at radius 1 is 1.21 bits per heavy atom. The van der Waals surface area contributed by atoms with Crippen molar-refractivity contribution in [2.24, 2.45) is 0 Å². The van der Waals surface area contributed by atoms with E-state index in [1.807, 2.05) is 24.3 Å². The molecule has 2 rings (SSSR count). The van der Waals surface area contributed by atoms with Crippen LogP contribution in [0, 0.1) is 9.39 Å². The minimum absolute atomic E-state index is 0.191. The molecule has 1 unspecified atom stereocenters. The van der Waals surface area contributed by atoms with E-state index in [1.165, 1.54) is 17.7 Å². The van der Waals surface area contributed by atoms with Crippen molar-refractivity contribution in [3.8, 4) is 0 Å². The highest BCUT2D eigenvalue weighted by Gasteiger charge is 2.11. The van der Waals surface area contributed by atoms with Crippen molar-refractivity contribution in [3.05, 3.63) is 62.4 Å². The van der Waals surface area contributed by atoms with Crippen LogP contribution in [0.4, 0.5) is 10.1 Å². The minimum Gasteiger partial charge on any atom is -0.377 e. The van der Waals surface area contributed by atoms with E-state index in [0.29, 0.717) is 0 Å². The van der Waals surface area contributed by atoms with Gasteiger partial charge in [0, 0.05) is 14.3 Å². The molecule has 2 aromatic carbocycles. The predicted octanol–water partition coefficient (Wildman–Crippen LogP) is 5.65. The lowest BCUT2D eigenvalue weighted by Gasteiger charge is -2.20. The maximum absolute atomic E-state index is 13.1. The van der Waals surface area contributed by atoms with Crippen molar-refractivity contribution in [1.29, 1.82) is 0 Å². The SMILES string of the molecule is CCC(Nc1ccc(F)cc1I)c1ccc(Cl)cc1. The lowest BCUT2D eigenvalue weighted by Crippen LogP contribution is -2.10. The van der Waals surface area contributed by atoms with Crippen LogP contribution in [0.2, 0.25) is 5.02 Å². The molecule has 1 atom stereocenters. The lowest BCUT2D eigenvalue weighted by molar-refractivity contribution is 0.626. The number of rotatable bonds is 4. The first-order valence-electron chi connectivity index (χ1n) is 6.07. The molecule has 0 radical (unpaired) electrons. The van der Waals surface area contributed by atoms with Crippen molar-refractivity contribution < 1.29 is 4.39 Å². The smallest absolute Gasteiger partial charge is 0.124 e. The number of nitrogens with one attached hydrogen (secondary N) is 1. The average molecular weight is 390 g/mol. The van der Waals surface area contributed by atoms with Crippen LogP contribution in [0.3, 0.4) is 0 Å². The lowest BCUT2D eigenvalue weighted by atomic mass is 10.0. The van der Waals surface area contributed by atoms with Gasteiger partial charge in [-0.3, -0.25) is 0 Å². The zero-order valence-electron chi connectivity index (χ0n) is 10.5. The number of hydrogen-bond acceptors (Lipinski definition) is 1. The van der Waals surface area contributed by atoms with Gasteiger partial charge in [-0.1, -0.05) is 30.7 Å². The second-order valence-electron chi connectivity index (χ2n) is 4.28. The van der Waals surface area contributed by atoms with E-state index in [2.05, 4.69) is 34.8 Å². The summed E-state index contributed by atoms with van der Waals surface area (Å²) in [4.78, 5) is 0. The molecule has 100 valence electrons. The third kappa shape index (κ3) is 3.83. The first-order chi connectivity index (χ1) is 9.10. The molecule has 0 saturated carbocycles. The number of anilines is 1. The van der Waals surface area contributed by atoms with E-state index >= 15 is 0 Å². The summed E-state index contributed by atoms with van der Waals surface area (Å²) in [5.41, 5.74) is 2.12. The van der Waals surface area contributed by atoms with Gasteiger partial charge < -0.3 is 5.32 Å². The van der Waals surface area contributed by atoms with Gasteiger partial charge in [-0.25, -0.2) is 4.39 Å². The summed E-state index contributed by atoms with van der Waals surface area (Å²) in [6.07, 6.45) is 0.940. The topological polar surface area (TPSA) is 12.0 Å². The summed E-state index contributed by atoms with van der Waals surface area (Å²) in [6, 6.07) is 12.8. The van der Waals surface area contributed by atoms with Gasteiger partial charge in [-0.05, 0) is 64.9 Å². The van der Waals surface area contributed by atoms with Gasteiger partial charge in [-0.2, -0.15) is 0 Å². The zero-order valence-corrected chi connectivity index (χ0v) is 13.4. The molecule has 1 N–H and O–H groups in total. The van der Waals surface area contributed by atoms with E-state index in [1.54, 1.807) is 6.07 Å². The Bertz CT molecular complexity index is 557. The Balaban J connectivity index is 2.21. The summed E-state index contributed by atoms with van der Waals surface area (Å²) in [5.74, 6) is -0.213. The zero-order chi connectivity index (χ0) is 13.8. The van der Waals surface area contributed by atoms with Crippen LogP contribution in [0.15, 0.2) is 42.5 Å². The van der Waals surface area contributed by atoms with Gasteiger partial charge >= 0.3 is 0 Å². The molecule has 0 fully saturated rings. The number of hydrogen-bond donors (Lipinski definition) is 1. The van der Waals surface area contributed by atoms with Crippen molar-refractivity contribution >= 4 is 39.9 Å². The molecule has 0 aromatic heterocycles. The van der Waals surface area contributed by atoms with Crippen LogP contribution in [0.1, 0.15) is 24.9 Å². The van der Waals surface area contributed by atoms with Crippen molar-refractivity contribution in [2.45, 2.75) is 19.4 Å². The molecule has 1 nitrogen and oxygen atoms in total. The molecule has 0 aliphatic heterocycles. The van der Waals surface area contributed by atoms with Crippen molar-refractivity contribution in [2.75, 3.05) is 5.32 Å². The summed E-state index contributed by atoms with van der Waals surface area (Å²) < 4.78 is 14.0. The molecular weight excluding hydrogens is 376 g/mol. The Morgan fingerprint density at radius 3 is 2.47 bits per heavy atom. The fourth-order valence-electron chi connectivity index (χ4n) is 1.91. The van der Waals surface area contributed by atoms with Crippen LogP contribution in [-0.2, 0) is 0 Å². The van der Waals surface area contributed by atoms with E-state index in [-0.39, 0.29) is 11.9 Å². The number of benzene rings is 2. The predicted molar refractivity (Wildman–Crippen MR) is 87.2 cm³/mol. The molecule has 0 spiro atoms. The quantitative estimate of drug-likeness (QED) is 0.667. The first-order valence-corrected chi connectivity index (χ1v) is 7.53. The number of halogens is 3. The van der Waals surface area contributed by atoms with Gasteiger partial charge in [0.1, 0.15) is 5.82 Å². The van der Waals surface area contributed by atoms with E-state index < -0.39 is 0 Å². The third-order valence-electron chi connectivity index (χ3n) is 2.94. The van der Waals surface area contributed by atoms with Gasteiger partial charge in [-0.15, -0.1) is 0 Å². The van der Waals surface area contributed by atoms with Gasteiger partial charge in [0.15, 0.2) is 0 Å². The average Bonchev–Trinajstić information content (AvgIpc) is 2.39. The summed E-state index contributed by atoms with van der Waals surface area (Å²) >= 11 is 8.04. The van der Waals surface area contributed by atoms with E-state index in [9.17, 15) is 4.39 Å². The molecular formula is C15H14ClFIN. The van der Waals surface area contributed by atoms with Crippen LogP contribution >= 0.6 is 34.2 Å². The fourth-order valence-corrected chi connectivity index (χ4v) is 2.67. The molecule has 2 aromatic rings. The Hall–Kier alpha value is -0.810. The second-order valence-corrected chi connectivity index (χ2v) is 5.88. The fraction of sp³-hybridized carbons (Fsp3) is 0.200. The molecule has 0 aliphatic rings. The van der Waals surface area contributed by atoms with E-state index in [0.717, 1.165) is 20.7 Å². The van der Waals surface area contributed by atoms with Gasteiger partial charge in [0.05, 0.1) is 6.04 Å². The second kappa shape index (κ2) is 6.57. The summed E-state index contributed by atoms with van der Waals surface area (Å²) in [6.45, 7) is 2.11. The Morgan fingerprint density at radius 2 is 1.89 bits per heavy atom. The minimum atomic E-state index is -0.213. The normalized spacial score (nSPS) is 12.2. The third-order valence-corrected chi connectivity index (χ3v) is 4.09. The molecule has 4 heteroatoms. The van der Waals surface area contributed by atoms with Crippen molar-refractivity contribution in [3.63, 3.8) is 0 Å². The maximum Gasteiger partial charge on any atom is 0.124 e. The van der Waals surface area contributed by atoms with Crippen LogP contribution in [0.5, 0.6) is 0 Å². The molecule has 0 bridgehead atoms. The molecule has 19 heavy (non-hydrogen) atoms. The van der Waals surface area contributed by atoms with E-state index in [4.69, 9.17) is 11.6 Å². The molecule has 0 aliphatic carbocycles. The van der Waals surface area contributed by atoms with Gasteiger partial charge in [0.2, 0.25) is 0 Å². The monoisotopic (exact) mass is 389 g/mol. The highest BCUT2D eigenvalue weighted by Crippen LogP contribution is 2.27. The summed E-state index contributed by atoms with van der Waals surface area (Å²) in [7, 11) is 0.